The number of barbiturate groups is 1. The average Bonchev–Trinajstić information content (AvgIpc) is 2.86. The minimum atomic E-state index is -1.15. The van der Waals surface area contributed by atoms with Crippen molar-refractivity contribution in [3.63, 3.8) is 0 Å². The van der Waals surface area contributed by atoms with Crippen molar-refractivity contribution in [2.45, 2.75) is 13.5 Å². The molecule has 0 saturated carbocycles. The number of carbonyl (C=O) groups is 4. The second kappa shape index (κ2) is 10.8. The van der Waals surface area contributed by atoms with E-state index in [-0.39, 0.29) is 16.8 Å². The van der Waals surface area contributed by atoms with Crippen LogP contribution in [0.2, 0.25) is 0 Å². The normalized spacial score (nSPS) is 14.5. The number of nitrogens with one attached hydrogen (secondary N) is 1. The molecule has 0 bridgehead atoms. The maximum absolute atomic E-state index is 13.2. The molecule has 2 N–H and O–H groups in total. The summed E-state index contributed by atoms with van der Waals surface area (Å²) in [6.07, 6.45) is 1.36. The van der Waals surface area contributed by atoms with Crippen LogP contribution in [0.15, 0.2) is 66.2 Å². The van der Waals surface area contributed by atoms with E-state index in [9.17, 15) is 19.2 Å². The molecule has 0 radical (unpaired) electrons. The smallest absolute Gasteiger partial charge is 0.335 e. The van der Waals surface area contributed by atoms with E-state index < -0.39 is 23.8 Å². The van der Waals surface area contributed by atoms with Gasteiger partial charge in [-0.05, 0) is 83.1 Å². The lowest BCUT2D eigenvalue weighted by Crippen LogP contribution is -2.54. The first-order valence-electron chi connectivity index (χ1n) is 11.0. The molecular weight excluding hydrogens is 591 g/mol. The summed E-state index contributed by atoms with van der Waals surface area (Å²) in [5.74, 6) is -1.91. The SMILES string of the molecule is COc1cc(/C=C2\C(=O)NC(=O)N(c3ccc(C(=O)O)cc3)C2=O)cc(I)c1OCc1ccc(C)cc1. The van der Waals surface area contributed by atoms with E-state index >= 15 is 0 Å². The second-order valence-corrected chi connectivity index (χ2v) is 9.28. The Balaban J connectivity index is 1.62. The molecule has 0 spiro atoms. The maximum Gasteiger partial charge on any atom is 0.335 e. The Morgan fingerprint density at radius 3 is 2.35 bits per heavy atom. The highest BCUT2D eigenvalue weighted by atomic mass is 127. The Hall–Kier alpha value is -4.19. The van der Waals surface area contributed by atoms with E-state index in [1.807, 2.05) is 31.2 Å². The number of carboxylic acids is 1. The number of benzene rings is 3. The molecule has 0 unspecified atom stereocenters. The van der Waals surface area contributed by atoms with Crippen LogP contribution in [0.5, 0.6) is 11.5 Å². The number of hydrogen-bond donors (Lipinski definition) is 2. The highest BCUT2D eigenvalue weighted by molar-refractivity contribution is 14.1. The number of halogens is 1. The van der Waals surface area contributed by atoms with Crippen molar-refractivity contribution in [1.82, 2.24) is 5.32 Å². The second-order valence-electron chi connectivity index (χ2n) is 8.12. The van der Waals surface area contributed by atoms with Gasteiger partial charge in [0.25, 0.3) is 11.8 Å². The van der Waals surface area contributed by atoms with Crippen molar-refractivity contribution in [2.24, 2.45) is 0 Å². The van der Waals surface area contributed by atoms with Crippen molar-refractivity contribution < 1.29 is 33.8 Å². The zero-order valence-electron chi connectivity index (χ0n) is 19.8. The van der Waals surface area contributed by atoms with Gasteiger partial charge in [0.2, 0.25) is 0 Å². The van der Waals surface area contributed by atoms with E-state index in [1.165, 1.54) is 37.5 Å². The number of aryl methyl sites for hydroxylation is 1. The van der Waals surface area contributed by atoms with Crippen LogP contribution < -0.4 is 19.7 Å². The number of carbonyl (C=O) groups excluding carboxylic acids is 3. The molecule has 3 aromatic rings. The number of rotatable bonds is 7. The predicted octanol–water partition coefficient (Wildman–Crippen LogP) is 4.55. The maximum atomic E-state index is 13.2. The van der Waals surface area contributed by atoms with Crippen LogP contribution in [0.4, 0.5) is 10.5 Å². The lowest BCUT2D eigenvalue weighted by atomic mass is 10.1. The van der Waals surface area contributed by atoms with Gasteiger partial charge < -0.3 is 14.6 Å². The zero-order valence-corrected chi connectivity index (χ0v) is 21.9. The van der Waals surface area contributed by atoms with E-state index in [0.717, 1.165) is 16.0 Å². The third-order valence-corrected chi connectivity index (χ3v) is 6.34. The van der Waals surface area contributed by atoms with Gasteiger partial charge in [-0.15, -0.1) is 0 Å². The van der Waals surface area contributed by atoms with Gasteiger partial charge in [0.15, 0.2) is 11.5 Å². The van der Waals surface area contributed by atoms with Gasteiger partial charge in [-0.2, -0.15) is 0 Å². The van der Waals surface area contributed by atoms with E-state index in [4.69, 9.17) is 14.6 Å². The molecule has 1 heterocycles. The molecule has 1 fully saturated rings. The molecular formula is C27H21IN2O7. The van der Waals surface area contributed by atoms with Gasteiger partial charge in [0, 0.05) is 0 Å². The quantitative estimate of drug-likeness (QED) is 0.228. The molecule has 0 atom stereocenters. The number of anilines is 1. The minimum absolute atomic E-state index is 0.00758. The standard InChI is InChI=1S/C27H21IN2O7/c1-15-3-5-16(6-4-15)14-37-23-21(28)12-17(13-22(23)36-2)11-20-24(31)29-27(35)30(25(20)32)19-9-7-18(8-10-19)26(33)34/h3-13H,14H2,1-2H3,(H,33,34)(H,29,31,35)/b20-11+. The van der Waals surface area contributed by atoms with Crippen molar-refractivity contribution in [2.75, 3.05) is 12.0 Å². The fourth-order valence-corrected chi connectivity index (χ4v) is 4.40. The van der Waals surface area contributed by atoms with Crippen molar-refractivity contribution in [3.8, 4) is 11.5 Å². The van der Waals surface area contributed by atoms with Crippen molar-refractivity contribution in [3.05, 3.63) is 92.1 Å². The summed E-state index contributed by atoms with van der Waals surface area (Å²) in [6, 6.07) is 15.5. The zero-order chi connectivity index (χ0) is 26.7. The third kappa shape index (κ3) is 5.64. The highest BCUT2D eigenvalue weighted by Gasteiger charge is 2.37. The molecule has 37 heavy (non-hydrogen) atoms. The largest absolute Gasteiger partial charge is 0.493 e. The molecule has 0 aliphatic carbocycles. The molecule has 0 aromatic heterocycles. The summed E-state index contributed by atoms with van der Waals surface area (Å²) in [5, 5.41) is 11.2. The molecule has 1 aliphatic rings. The first-order valence-corrected chi connectivity index (χ1v) is 12.1. The lowest BCUT2D eigenvalue weighted by Gasteiger charge is -2.26. The van der Waals surface area contributed by atoms with Gasteiger partial charge >= 0.3 is 12.0 Å². The summed E-state index contributed by atoms with van der Waals surface area (Å²) in [5.41, 5.74) is 2.46. The van der Waals surface area contributed by atoms with Crippen LogP contribution in [0.1, 0.15) is 27.0 Å². The predicted molar refractivity (Wildman–Crippen MR) is 144 cm³/mol. The molecule has 4 amide bonds. The number of urea groups is 1. The van der Waals surface area contributed by atoms with Gasteiger partial charge in [-0.25, -0.2) is 14.5 Å². The Morgan fingerprint density at radius 1 is 1.05 bits per heavy atom. The first-order chi connectivity index (χ1) is 17.7. The van der Waals surface area contributed by atoms with Gasteiger partial charge in [-0.3, -0.25) is 14.9 Å². The van der Waals surface area contributed by atoms with Crippen molar-refractivity contribution in [1.29, 1.82) is 0 Å². The van der Waals surface area contributed by atoms with Crippen LogP contribution >= 0.6 is 22.6 Å². The van der Waals surface area contributed by atoms with Gasteiger partial charge in [-0.1, -0.05) is 29.8 Å². The number of amides is 4. The van der Waals surface area contributed by atoms with Crippen LogP contribution in [0.25, 0.3) is 6.08 Å². The van der Waals surface area contributed by atoms with Crippen LogP contribution in [0.3, 0.4) is 0 Å². The molecule has 3 aromatic carbocycles. The fourth-order valence-electron chi connectivity index (χ4n) is 3.61. The number of nitrogens with zero attached hydrogens (tertiary/aromatic N) is 1. The third-order valence-electron chi connectivity index (χ3n) is 5.54. The number of aromatic carboxylic acids is 1. The highest BCUT2D eigenvalue weighted by Crippen LogP contribution is 2.35. The number of carboxylic acid groups (broad SMARTS) is 1. The summed E-state index contributed by atoms with van der Waals surface area (Å²) < 4.78 is 12.2. The Bertz CT molecular complexity index is 1430. The number of hydrogen-bond acceptors (Lipinski definition) is 6. The van der Waals surface area contributed by atoms with E-state index in [0.29, 0.717) is 27.2 Å². The molecule has 4 rings (SSSR count). The van der Waals surface area contributed by atoms with Crippen LogP contribution in [-0.4, -0.2) is 36.0 Å². The van der Waals surface area contributed by atoms with E-state index in [1.54, 1.807) is 12.1 Å². The average molecular weight is 612 g/mol. The molecule has 188 valence electrons. The van der Waals surface area contributed by atoms with E-state index in [2.05, 4.69) is 27.9 Å². The Kier molecular flexibility index (Phi) is 7.58. The fraction of sp³-hybridized carbons (Fsp3) is 0.111. The summed E-state index contributed by atoms with van der Waals surface area (Å²) >= 11 is 2.08. The molecule has 9 nitrogen and oxygen atoms in total. The number of methoxy groups -OCH3 is 1. The number of imide groups is 2. The summed E-state index contributed by atoms with van der Waals surface area (Å²) in [7, 11) is 1.49. The molecule has 10 heteroatoms. The van der Waals surface area contributed by atoms with Crippen LogP contribution in [-0.2, 0) is 16.2 Å². The first kappa shape index (κ1) is 25.9. The Labute approximate surface area is 225 Å². The Morgan fingerprint density at radius 2 is 1.73 bits per heavy atom. The van der Waals surface area contributed by atoms with Crippen LogP contribution in [0, 0.1) is 10.5 Å². The summed E-state index contributed by atoms with van der Waals surface area (Å²) in [6.45, 7) is 2.33. The lowest BCUT2D eigenvalue weighted by molar-refractivity contribution is -0.122. The van der Waals surface area contributed by atoms with Gasteiger partial charge in [0.1, 0.15) is 12.2 Å². The van der Waals surface area contributed by atoms with Gasteiger partial charge in [0.05, 0.1) is 21.9 Å². The topological polar surface area (TPSA) is 122 Å². The summed E-state index contributed by atoms with van der Waals surface area (Å²) in [4.78, 5) is 50.0. The molecule has 1 aliphatic heterocycles. The molecule has 1 saturated heterocycles. The minimum Gasteiger partial charge on any atom is -0.493 e. The monoisotopic (exact) mass is 612 g/mol. The van der Waals surface area contributed by atoms with Crippen molar-refractivity contribution >= 4 is 58.2 Å². The number of ether oxygens (including phenoxy) is 2.